The molecule has 21 heavy (non-hydrogen) atoms. The first kappa shape index (κ1) is 13.8. The molecule has 1 saturated heterocycles. The number of carbonyl (C=O) groups excluding carboxylic acids is 1. The van der Waals surface area contributed by atoms with E-state index in [0.29, 0.717) is 5.89 Å². The van der Waals surface area contributed by atoms with Crippen LogP contribution in [0.4, 0.5) is 5.69 Å². The smallest absolute Gasteiger partial charge is 0.228 e. The number of rotatable bonds is 3. The third-order valence-corrected chi connectivity index (χ3v) is 3.79. The molecule has 1 amide bonds. The van der Waals surface area contributed by atoms with Crippen molar-refractivity contribution in [2.75, 3.05) is 18.4 Å². The van der Waals surface area contributed by atoms with Gasteiger partial charge in [-0.1, -0.05) is 6.07 Å². The van der Waals surface area contributed by atoms with Crippen molar-refractivity contribution >= 4 is 11.6 Å². The molecule has 5 heteroatoms. The first-order valence-corrected chi connectivity index (χ1v) is 7.18. The fourth-order valence-corrected chi connectivity index (χ4v) is 2.53. The summed E-state index contributed by atoms with van der Waals surface area (Å²) in [5.74, 6) is 0.709. The Hall–Kier alpha value is -2.14. The summed E-state index contributed by atoms with van der Waals surface area (Å²) >= 11 is 0. The maximum absolute atomic E-state index is 12.2. The minimum atomic E-state index is 0.0544. The number of benzene rings is 1. The minimum Gasteiger partial charge on any atom is -0.444 e. The second-order valence-corrected chi connectivity index (χ2v) is 5.50. The Labute approximate surface area is 123 Å². The number of nitrogens with one attached hydrogen (secondary N) is 2. The summed E-state index contributed by atoms with van der Waals surface area (Å²) in [7, 11) is 0. The van der Waals surface area contributed by atoms with E-state index in [2.05, 4.69) is 15.6 Å². The summed E-state index contributed by atoms with van der Waals surface area (Å²) < 4.78 is 5.46. The van der Waals surface area contributed by atoms with Gasteiger partial charge in [-0.2, -0.15) is 0 Å². The Morgan fingerprint density at radius 2 is 2.29 bits per heavy atom. The quantitative estimate of drug-likeness (QED) is 0.909. The largest absolute Gasteiger partial charge is 0.444 e. The molecule has 1 fully saturated rings. The molecule has 2 aromatic rings. The van der Waals surface area contributed by atoms with Gasteiger partial charge in [0.1, 0.15) is 6.26 Å². The van der Waals surface area contributed by atoms with Gasteiger partial charge in [0, 0.05) is 17.8 Å². The highest BCUT2D eigenvalue weighted by Crippen LogP contribution is 2.26. The van der Waals surface area contributed by atoms with Crippen molar-refractivity contribution in [2.24, 2.45) is 5.92 Å². The second-order valence-electron chi connectivity index (χ2n) is 5.50. The van der Waals surface area contributed by atoms with E-state index in [1.807, 2.05) is 32.0 Å². The summed E-state index contributed by atoms with van der Waals surface area (Å²) in [6, 6.07) is 5.80. The molecule has 0 spiro atoms. The number of carbonyl (C=O) groups is 1. The van der Waals surface area contributed by atoms with Crippen molar-refractivity contribution in [2.45, 2.75) is 20.3 Å². The molecule has 5 nitrogen and oxygen atoms in total. The Kier molecular flexibility index (Phi) is 3.75. The molecule has 1 atom stereocenters. The van der Waals surface area contributed by atoms with E-state index in [1.54, 1.807) is 6.26 Å². The van der Waals surface area contributed by atoms with E-state index >= 15 is 0 Å². The Bertz CT molecular complexity index is 657. The van der Waals surface area contributed by atoms with Crippen LogP contribution in [0.3, 0.4) is 0 Å². The zero-order chi connectivity index (χ0) is 14.8. The molecule has 1 aliphatic rings. The molecule has 1 unspecified atom stereocenters. The lowest BCUT2D eigenvalue weighted by atomic mass is 10.1. The van der Waals surface area contributed by atoms with Gasteiger partial charge in [0.25, 0.3) is 0 Å². The summed E-state index contributed by atoms with van der Waals surface area (Å²) in [4.78, 5) is 16.5. The van der Waals surface area contributed by atoms with E-state index in [4.69, 9.17) is 4.42 Å². The maximum Gasteiger partial charge on any atom is 0.228 e. The number of oxazole rings is 1. The van der Waals surface area contributed by atoms with Crippen LogP contribution in [0, 0.1) is 19.8 Å². The van der Waals surface area contributed by atoms with Crippen LogP contribution < -0.4 is 10.6 Å². The van der Waals surface area contributed by atoms with Crippen LogP contribution in [0.5, 0.6) is 0 Å². The second kappa shape index (κ2) is 5.69. The van der Waals surface area contributed by atoms with Crippen LogP contribution in [0.15, 0.2) is 28.9 Å². The molecular weight excluding hydrogens is 266 g/mol. The predicted molar refractivity (Wildman–Crippen MR) is 81.0 cm³/mol. The summed E-state index contributed by atoms with van der Waals surface area (Å²) in [5, 5.41) is 6.18. The number of hydrogen-bond donors (Lipinski definition) is 2. The van der Waals surface area contributed by atoms with Crippen molar-refractivity contribution in [1.82, 2.24) is 10.3 Å². The van der Waals surface area contributed by atoms with Crippen LogP contribution in [0.2, 0.25) is 0 Å². The van der Waals surface area contributed by atoms with Crippen LogP contribution in [-0.4, -0.2) is 24.0 Å². The summed E-state index contributed by atoms with van der Waals surface area (Å²) in [6.07, 6.45) is 2.52. The molecule has 1 aromatic heterocycles. The molecular formula is C16H19N3O2. The fraction of sp³-hybridized carbons (Fsp3) is 0.375. The highest BCUT2D eigenvalue weighted by molar-refractivity contribution is 5.93. The summed E-state index contributed by atoms with van der Waals surface area (Å²) in [5.41, 5.74) is 3.60. The van der Waals surface area contributed by atoms with Crippen LogP contribution in [0.1, 0.15) is 17.7 Å². The van der Waals surface area contributed by atoms with Gasteiger partial charge in [-0.25, -0.2) is 4.98 Å². The standard InChI is InChI=1S/C16H19N3O2/c1-10-3-4-13(19-15(20)12-5-6-17-8-12)7-14(10)16-18-11(2)9-21-16/h3-4,7,9,12,17H,5-6,8H2,1-2H3,(H,19,20). The zero-order valence-electron chi connectivity index (χ0n) is 12.3. The molecule has 3 rings (SSSR count). The molecule has 1 aromatic carbocycles. The first-order valence-electron chi connectivity index (χ1n) is 7.18. The Morgan fingerprint density at radius 3 is 2.95 bits per heavy atom. The number of hydrogen-bond acceptors (Lipinski definition) is 4. The molecule has 0 aliphatic carbocycles. The third-order valence-electron chi connectivity index (χ3n) is 3.79. The van der Waals surface area contributed by atoms with Crippen LogP contribution in [-0.2, 0) is 4.79 Å². The molecule has 110 valence electrons. The van der Waals surface area contributed by atoms with Gasteiger partial charge in [0.05, 0.1) is 11.6 Å². The van der Waals surface area contributed by atoms with Crippen molar-refractivity contribution in [3.63, 3.8) is 0 Å². The first-order chi connectivity index (χ1) is 10.1. The van der Waals surface area contributed by atoms with E-state index in [-0.39, 0.29) is 11.8 Å². The average Bonchev–Trinajstić information content (AvgIpc) is 3.12. The van der Waals surface area contributed by atoms with Crippen molar-refractivity contribution in [3.05, 3.63) is 35.7 Å². The van der Waals surface area contributed by atoms with E-state index in [1.165, 1.54) is 0 Å². The van der Waals surface area contributed by atoms with Crippen LogP contribution >= 0.6 is 0 Å². The van der Waals surface area contributed by atoms with Gasteiger partial charge < -0.3 is 15.1 Å². The number of anilines is 1. The van der Waals surface area contributed by atoms with Crippen molar-refractivity contribution < 1.29 is 9.21 Å². The van der Waals surface area contributed by atoms with Gasteiger partial charge >= 0.3 is 0 Å². The molecule has 0 saturated carbocycles. The number of amides is 1. The maximum atomic E-state index is 12.2. The SMILES string of the molecule is Cc1coc(-c2cc(NC(=O)C3CCNC3)ccc2C)n1. The highest BCUT2D eigenvalue weighted by Gasteiger charge is 2.22. The van der Waals surface area contributed by atoms with Gasteiger partial charge in [0.15, 0.2) is 0 Å². The predicted octanol–water partition coefficient (Wildman–Crippen LogP) is 2.51. The Morgan fingerprint density at radius 1 is 1.43 bits per heavy atom. The zero-order valence-corrected chi connectivity index (χ0v) is 12.3. The number of aromatic nitrogens is 1. The lowest BCUT2D eigenvalue weighted by Gasteiger charge is -2.11. The molecule has 0 bridgehead atoms. The number of nitrogens with zero attached hydrogens (tertiary/aromatic N) is 1. The average molecular weight is 285 g/mol. The molecule has 2 heterocycles. The van der Waals surface area contributed by atoms with E-state index < -0.39 is 0 Å². The molecule has 1 aliphatic heterocycles. The summed E-state index contributed by atoms with van der Waals surface area (Å²) in [6.45, 7) is 5.55. The van der Waals surface area contributed by atoms with Gasteiger partial charge in [-0.3, -0.25) is 4.79 Å². The topological polar surface area (TPSA) is 67.2 Å². The minimum absolute atomic E-state index is 0.0544. The molecule has 2 N–H and O–H groups in total. The lowest BCUT2D eigenvalue weighted by Crippen LogP contribution is -2.24. The van der Waals surface area contributed by atoms with E-state index in [9.17, 15) is 4.79 Å². The van der Waals surface area contributed by atoms with Gasteiger partial charge in [-0.15, -0.1) is 0 Å². The van der Waals surface area contributed by atoms with Gasteiger partial charge in [0.2, 0.25) is 11.8 Å². The highest BCUT2D eigenvalue weighted by atomic mass is 16.3. The Balaban J connectivity index is 1.82. The lowest BCUT2D eigenvalue weighted by molar-refractivity contribution is -0.119. The van der Waals surface area contributed by atoms with Crippen LogP contribution in [0.25, 0.3) is 11.5 Å². The monoisotopic (exact) mass is 285 g/mol. The fourth-order valence-electron chi connectivity index (χ4n) is 2.53. The van der Waals surface area contributed by atoms with Crippen molar-refractivity contribution in [1.29, 1.82) is 0 Å². The number of aryl methyl sites for hydroxylation is 2. The third kappa shape index (κ3) is 2.97. The molecule has 0 radical (unpaired) electrons. The normalized spacial score (nSPS) is 17.9. The van der Waals surface area contributed by atoms with Crippen molar-refractivity contribution in [3.8, 4) is 11.5 Å². The van der Waals surface area contributed by atoms with Gasteiger partial charge in [-0.05, 0) is 44.5 Å². The van der Waals surface area contributed by atoms with E-state index in [0.717, 1.165) is 42.0 Å².